The van der Waals surface area contributed by atoms with Gasteiger partial charge in [-0.15, -0.1) is 0 Å². The monoisotopic (exact) mass is 630 g/mol. The van der Waals surface area contributed by atoms with E-state index in [-0.39, 0.29) is 37.0 Å². The quantitative estimate of drug-likeness (QED) is 0.0458. The fourth-order valence-electron chi connectivity index (χ4n) is 4.93. The highest BCUT2D eigenvalue weighted by Crippen LogP contribution is 2.14. The predicted molar refractivity (Wildman–Crippen MR) is 172 cm³/mol. The molecule has 43 heavy (non-hydrogen) atoms. The molecule has 250 valence electrons. The van der Waals surface area contributed by atoms with Crippen molar-refractivity contribution in [1.29, 1.82) is 0 Å². The highest BCUT2D eigenvalue weighted by molar-refractivity contribution is 7.13. The van der Waals surface area contributed by atoms with E-state index in [1.807, 2.05) is 0 Å². The van der Waals surface area contributed by atoms with Crippen molar-refractivity contribution in [2.75, 3.05) is 6.54 Å². The van der Waals surface area contributed by atoms with Gasteiger partial charge in [0, 0.05) is 25.8 Å². The van der Waals surface area contributed by atoms with Crippen LogP contribution >= 0.6 is 9.39 Å². The van der Waals surface area contributed by atoms with Crippen LogP contribution in [-0.4, -0.2) is 58.5 Å². The van der Waals surface area contributed by atoms with Crippen LogP contribution < -0.4 is 21.5 Å². The normalized spacial score (nSPS) is 12.4. The summed E-state index contributed by atoms with van der Waals surface area (Å²) in [6.07, 6.45) is 21.0. The summed E-state index contributed by atoms with van der Waals surface area (Å²) in [5.41, 5.74) is 5.14. The van der Waals surface area contributed by atoms with Crippen LogP contribution in [0.3, 0.4) is 0 Å². The molecule has 0 spiro atoms. The van der Waals surface area contributed by atoms with E-state index in [0.29, 0.717) is 32.2 Å². The number of nitrogens with two attached hydrogens (primary N) is 1. The summed E-state index contributed by atoms with van der Waals surface area (Å²) in [5, 5.41) is 26.3. The van der Waals surface area contributed by atoms with Crippen molar-refractivity contribution in [3.05, 3.63) is 0 Å². The van der Waals surface area contributed by atoms with Gasteiger partial charge in [-0.25, -0.2) is 4.79 Å². The zero-order valence-corrected chi connectivity index (χ0v) is 27.4. The van der Waals surface area contributed by atoms with E-state index in [0.717, 1.165) is 38.5 Å². The Morgan fingerprint density at radius 1 is 0.535 bits per heavy atom. The molecule has 0 aromatic heterocycles. The van der Waals surface area contributed by atoms with Crippen LogP contribution in [0.1, 0.15) is 148 Å². The van der Waals surface area contributed by atoms with Crippen molar-refractivity contribution >= 4 is 39.1 Å². The van der Waals surface area contributed by atoms with E-state index in [1.165, 1.54) is 64.2 Å². The Labute approximate surface area is 260 Å². The number of unbranched alkanes of at least 4 members (excludes halogenated alkanes) is 16. The third-order valence-electron chi connectivity index (χ3n) is 7.61. The molecule has 0 saturated heterocycles. The number of aliphatic carboxylic acids is 2. The van der Waals surface area contributed by atoms with E-state index in [2.05, 4.69) is 25.1 Å². The molecule has 7 N–H and O–H groups in total. The lowest BCUT2D eigenvalue weighted by atomic mass is 10.0. The highest BCUT2D eigenvalue weighted by atomic mass is 31.0. The number of carboxylic acids is 2. The van der Waals surface area contributed by atoms with Gasteiger partial charge in [-0.2, -0.15) is 0 Å². The van der Waals surface area contributed by atoms with Crippen LogP contribution in [0.2, 0.25) is 0 Å². The Balaban J connectivity index is 3.68. The number of hydrogen-bond donors (Lipinski definition) is 6. The average molecular weight is 631 g/mol. The Morgan fingerprint density at radius 3 is 1.40 bits per heavy atom. The second kappa shape index (κ2) is 28.5. The van der Waals surface area contributed by atoms with Crippen molar-refractivity contribution in [2.45, 2.75) is 160 Å². The van der Waals surface area contributed by atoms with Crippen LogP contribution in [0.25, 0.3) is 0 Å². The number of primary amides is 1. The molecule has 0 aliphatic heterocycles. The summed E-state index contributed by atoms with van der Waals surface area (Å²) >= 11 is 0. The minimum absolute atomic E-state index is 0.0110. The first-order valence-electron chi connectivity index (χ1n) is 16.4. The smallest absolute Gasteiger partial charge is 0.326 e. The SMILES string of the molecule is NC(=O)CCCCCCCCCCCCCCCCCCC(=O)N[C@@H](CCC(=O)NCCCCC(NP)C(=O)O)C(=O)O. The molecule has 0 radical (unpaired) electrons. The Bertz CT molecular complexity index is 785. The maximum absolute atomic E-state index is 12.2. The first-order chi connectivity index (χ1) is 20.7. The van der Waals surface area contributed by atoms with Crippen LogP contribution in [0.15, 0.2) is 0 Å². The zero-order valence-electron chi connectivity index (χ0n) is 26.2. The van der Waals surface area contributed by atoms with Crippen LogP contribution in [0.4, 0.5) is 0 Å². The van der Waals surface area contributed by atoms with Gasteiger partial charge in [0.2, 0.25) is 17.7 Å². The molecule has 0 fully saturated rings. The van der Waals surface area contributed by atoms with Crippen molar-refractivity contribution in [1.82, 2.24) is 15.7 Å². The summed E-state index contributed by atoms with van der Waals surface area (Å²) in [4.78, 5) is 57.4. The molecular weight excluding hydrogens is 571 g/mol. The number of carbonyl (C=O) groups excluding carboxylic acids is 3. The van der Waals surface area contributed by atoms with Gasteiger partial charge in [-0.3, -0.25) is 24.3 Å². The van der Waals surface area contributed by atoms with E-state index >= 15 is 0 Å². The van der Waals surface area contributed by atoms with Gasteiger partial charge in [0.05, 0.1) is 0 Å². The molecule has 0 rings (SSSR count). The summed E-state index contributed by atoms with van der Waals surface area (Å²) in [5.74, 6) is -2.87. The Kier molecular flexibility index (Phi) is 27.0. The summed E-state index contributed by atoms with van der Waals surface area (Å²) < 4.78 is 0. The van der Waals surface area contributed by atoms with Crippen LogP contribution in [-0.2, 0) is 24.0 Å². The van der Waals surface area contributed by atoms with E-state index in [1.54, 1.807) is 0 Å². The molecular formula is C31H59N4O7P. The molecule has 0 saturated carbocycles. The lowest BCUT2D eigenvalue weighted by molar-refractivity contribution is -0.142. The molecule has 11 nitrogen and oxygen atoms in total. The molecule has 0 aromatic carbocycles. The highest BCUT2D eigenvalue weighted by Gasteiger charge is 2.21. The molecule has 3 amide bonds. The maximum atomic E-state index is 12.2. The van der Waals surface area contributed by atoms with Crippen molar-refractivity contribution < 1.29 is 34.2 Å². The Hall–Kier alpha value is -2.26. The number of carbonyl (C=O) groups is 5. The largest absolute Gasteiger partial charge is 0.480 e. The molecule has 0 aliphatic carbocycles. The van der Waals surface area contributed by atoms with E-state index < -0.39 is 24.0 Å². The lowest BCUT2D eigenvalue weighted by Crippen LogP contribution is -2.41. The maximum Gasteiger partial charge on any atom is 0.326 e. The molecule has 3 atom stereocenters. The molecule has 2 unspecified atom stereocenters. The van der Waals surface area contributed by atoms with Crippen LogP contribution in [0, 0.1) is 0 Å². The fourth-order valence-corrected chi connectivity index (χ4v) is 5.24. The van der Waals surface area contributed by atoms with Gasteiger partial charge in [0.1, 0.15) is 12.1 Å². The number of amides is 3. The summed E-state index contributed by atoms with van der Waals surface area (Å²) in [7, 11) is 2.19. The number of hydrogen-bond acceptors (Lipinski definition) is 6. The summed E-state index contributed by atoms with van der Waals surface area (Å²) in [6.45, 7) is 0.385. The number of rotatable bonds is 31. The minimum Gasteiger partial charge on any atom is -0.480 e. The first kappa shape index (κ1) is 40.7. The molecule has 0 aromatic rings. The van der Waals surface area contributed by atoms with Crippen LogP contribution in [0.5, 0.6) is 0 Å². The standard InChI is InChI=1S/C31H59N4O7P/c32-27(36)20-15-13-11-9-7-5-3-1-2-4-6-8-10-12-14-16-21-29(38)34-25(30(39)40)22-23-28(37)33-24-18-17-19-26(35-43)31(41)42/h25-26,35H,1-24,43H2,(H2,32,36)(H,33,37)(H,34,38)(H,39,40)(H,41,42)/t25-,26?/m0/s1. The van der Waals surface area contributed by atoms with Gasteiger partial charge in [0.25, 0.3) is 0 Å². The van der Waals surface area contributed by atoms with E-state index in [4.69, 9.17) is 10.8 Å². The van der Waals surface area contributed by atoms with Gasteiger partial charge >= 0.3 is 11.9 Å². The Morgan fingerprint density at radius 2 is 0.977 bits per heavy atom. The summed E-state index contributed by atoms with van der Waals surface area (Å²) in [6, 6.07) is -1.74. The number of carboxylic acid groups (broad SMARTS) is 2. The molecule has 12 heteroatoms. The van der Waals surface area contributed by atoms with Crippen molar-refractivity contribution in [3.63, 3.8) is 0 Å². The van der Waals surface area contributed by atoms with Gasteiger partial charge in [-0.1, -0.05) is 99.3 Å². The zero-order chi connectivity index (χ0) is 32.1. The van der Waals surface area contributed by atoms with Crippen molar-refractivity contribution in [3.8, 4) is 0 Å². The first-order valence-corrected chi connectivity index (χ1v) is 17.0. The van der Waals surface area contributed by atoms with Gasteiger partial charge in [0.15, 0.2) is 0 Å². The lowest BCUT2D eigenvalue weighted by Gasteiger charge is -2.14. The predicted octanol–water partition coefficient (Wildman–Crippen LogP) is 4.96. The third kappa shape index (κ3) is 27.1. The van der Waals surface area contributed by atoms with Gasteiger partial charge in [-0.05, 0) is 38.5 Å². The molecule has 0 aliphatic rings. The number of nitrogens with one attached hydrogen (secondary N) is 3. The minimum atomic E-state index is -1.15. The fraction of sp³-hybridized carbons (Fsp3) is 0.839. The topological polar surface area (TPSA) is 188 Å². The van der Waals surface area contributed by atoms with Gasteiger partial charge < -0.3 is 26.6 Å². The second-order valence-electron chi connectivity index (χ2n) is 11.5. The van der Waals surface area contributed by atoms with E-state index in [9.17, 15) is 29.1 Å². The molecule has 0 heterocycles. The second-order valence-corrected chi connectivity index (χ2v) is 11.9. The average Bonchev–Trinajstić information content (AvgIpc) is 2.95. The molecule has 0 bridgehead atoms. The van der Waals surface area contributed by atoms with Crippen molar-refractivity contribution in [2.24, 2.45) is 5.73 Å². The third-order valence-corrected chi connectivity index (χ3v) is 8.01.